The lowest BCUT2D eigenvalue weighted by Gasteiger charge is -2.63. The molecule has 0 aliphatic heterocycles. The minimum atomic E-state index is -2.76. The van der Waals surface area contributed by atoms with Gasteiger partial charge in [0.2, 0.25) is 0 Å². The predicted octanol–water partition coefficient (Wildman–Crippen LogP) is 6.41. The molecule has 3 nitrogen and oxygen atoms in total. The van der Waals surface area contributed by atoms with E-state index < -0.39 is 28.6 Å². The third kappa shape index (κ3) is 3.96. The largest absolute Gasteiger partial charge is 0.390 e. The summed E-state index contributed by atoms with van der Waals surface area (Å²) in [5.41, 5.74) is -0.949. The highest BCUT2D eigenvalue weighted by molar-refractivity contribution is 5.13. The molecule has 4 rings (SSSR count). The summed E-state index contributed by atoms with van der Waals surface area (Å²) in [5, 5.41) is 20.9. The molecule has 0 spiro atoms. The van der Waals surface area contributed by atoms with Crippen molar-refractivity contribution >= 4 is 0 Å². The fourth-order valence-electron chi connectivity index (χ4n) is 9.16. The van der Waals surface area contributed by atoms with Gasteiger partial charge in [-0.2, -0.15) is 0 Å². The molecule has 0 aromatic carbocycles. The highest BCUT2D eigenvalue weighted by atomic mass is 19.3. The molecular formula is C27H46F2O3. The first-order valence-corrected chi connectivity index (χ1v) is 13.0. The molecule has 186 valence electrons. The molecule has 32 heavy (non-hydrogen) atoms. The van der Waals surface area contributed by atoms with Crippen LogP contribution >= 0.6 is 0 Å². The molecule has 0 bridgehead atoms. The summed E-state index contributed by atoms with van der Waals surface area (Å²) in [6, 6.07) is 0. The summed E-state index contributed by atoms with van der Waals surface area (Å²) in [6.45, 7) is 10.6. The molecule has 0 aromatic heterocycles. The van der Waals surface area contributed by atoms with Crippen molar-refractivity contribution in [3.63, 3.8) is 0 Å². The zero-order valence-corrected chi connectivity index (χ0v) is 21.1. The molecule has 5 heteroatoms. The Morgan fingerprint density at radius 3 is 2.28 bits per heavy atom. The number of halogens is 2. The van der Waals surface area contributed by atoms with Crippen molar-refractivity contribution in [1.29, 1.82) is 0 Å². The SMILES string of the molecule is CO[C@]1(O)CC[C@@]2(C)[C@H](C1)C(F)(F)C[C@@H]1[C@@H]2CC[C@]2(C)[C@@H]([C@H](C)CCC(C)(C)O)CC[C@@H]12. The fraction of sp³-hybridized carbons (Fsp3) is 1.00. The topological polar surface area (TPSA) is 49.7 Å². The average molecular weight is 457 g/mol. The summed E-state index contributed by atoms with van der Waals surface area (Å²) in [6.07, 6.45) is 7.23. The van der Waals surface area contributed by atoms with Gasteiger partial charge in [0, 0.05) is 32.3 Å². The van der Waals surface area contributed by atoms with Crippen LogP contribution in [0.2, 0.25) is 0 Å². The van der Waals surface area contributed by atoms with E-state index in [-0.39, 0.29) is 24.2 Å². The second-order valence-corrected chi connectivity index (χ2v) is 13.3. The Balaban J connectivity index is 1.57. The Morgan fingerprint density at radius 1 is 1.00 bits per heavy atom. The van der Waals surface area contributed by atoms with Crippen LogP contribution in [-0.2, 0) is 4.74 Å². The molecule has 2 N–H and O–H groups in total. The lowest BCUT2D eigenvalue weighted by Crippen LogP contribution is -2.62. The van der Waals surface area contributed by atoms with Crippen LogP contribution in [0.3, 0.4) is 0 Å². The standard InChI is InChI=1S/C27H46F2O3/c1-17(9-11-23(2,3)30)19-7-8-20-18-15-27(28,29)22-16-26(31,32-6)14-13-25(22,5)21(18)10-12-24(19,20)4/h17-22,30-31H,7-16H2,1-6H3/t17-,18+,19-,20+,21+,22+,24-,25-,26-/m1/s1. The zero-order valence-electron chi connectivity index (χ0n) is 21.1. The third-order valence-corrected chi connectivity index (χ3v) is 11.0. The maximum atomic E-state index is 15.7. The molecule has 4 aliphatic carbocycles. The van der Waals surface area contributed by atoms with E-state index in [1.807, 2.05) is 13.8 Å². The summed E-state index contributed by atoms with van der Waals surface area (Å²) in [4.78, 5) is 0. The molecule has 4 saturated carbocycles. The van der Waals surface area contributed by atoms with E-state index in [2.05, 4.69) is 20.8 Å². The van der Waals surface area contributed by atoms with E-state index in [4.69, 9.17) is 4.74 Å². The van der Waals surface area contributed by atoms with Gasteiger partial charge in [-0.15, -0.1) is 0 Å². The van der Waals surface area contributed by atoms with Crippen LogP contribution in [0.25, 0.3) is 0 Å². The molecule has 4 fully saturated rings. The number of rotatable bonds is 5. The first-order valence-electron chi connectivity index (χ1n) is 13.0. The van der Waals surface area contributed by atoms with Gasteiger partial charge in [-0.05, 0) is 99.2 Å². The number of ether oxygens (including phenoxy) is 1. The average Bonchev–Trinajstić information content (AvgIpc) is 3.04. The van der Waals surface area contributed by atoms with E-state index in [1.54, 1.807) is 0 Å². The van der Waals surface area contributed by atoms with E-state index in [0.717, 1.165) is 38.5 Å². The molecule has 9 atom stereocenters. The minimum Gasteiger partial charge on any atom is -0.390 e. The van der Waals surface area contributed by atoms with Gasteiger partial charge in [-0.3, -0.25) is 0 Å². The van der Waals surface area contributed by atoms with E-state index in [9.17, 15) is 10.2 Å². The second-order valence-electron chi connectivity index (χ2n) is 13.3. The van der Waals surface area contributed by atoms with Gasteiger partial charge in [0.15, 0.2) is 5.79 Å². The van der Waals surface area contributed by atoms with E-state index in [0.29, 0.717) is 36.5 Å². The lowest BCUT2D eigenvalue weighted by atomic mass is 9.43. The normalized spacial score (nSPS) is 49.1. The number of fused-ring (bicyclic) bond motifs is 5. The van der Waals surface area contributed by atoms with Crippen LogP contribution in [0, 0.1) is 46.3 Å². The van der Waals surface area contributed by atoms with Gasteiger partial charge in [-0.25, -0.2) is 8.78 Å². The summed E-state index contributed by atoms with van der Waals surface area (Å²) < 4.78 is 36.7. The van der Waals surface area contributed by atoms with Crippen LogP contribution in [0.1, 0.15) is 98.8 Å². The summed E-state index contributed by atoms with van der Waals surface area (Å²) >= 11 is 0. The number of alkyl halides is 2. The quantitative estimate of drug-likeness (QED) is 0.470. The maximum absolute atomic E-state index is 15.7. The predicted molar refractivity (Wildman–Crippen MR) is 122 cm³/mol. The van der Waals surface area contributed by atoms with Gasteiger partial charge >= 0.3 is 0 Å². The third-order valence-electron chi connectivity index (χ3n) is 11.0. The summed E-state index contributed by atoms with van der Waals surface area (Å²) in [7, 11) is 1.44. The number of methoxy groups -OCH3 is 1. The molecule has 4 aliphatic rings. The smallest absolute Gasteiger partial charge is 0.251 e. The van der Waals surface area contributed by atoms with Crippen LogP contribution in [0.4, 0.5) is 8.78 Å². The van der Waals surface area contributed by atoms with E-state index >= 15 is 8.78 Å². The molecule has 0 radical (unpaired) electrons. The molecule has 0 saturated heterocycles. The van der Waals surface area contributed by atoms with Crippen molar-refractivity contribution in [2.45, 2.75) is 116 Å². The first kappa shape index (κ1) is 24.9. The molecular weight excluding hydrogens is 410 g/mol. The zero-order chi connectivity index (χ0) is 23.7. The van der Waals surface area contributed by atoms with Gasteiger partial charge in [0.25, 0.3) is 5.92 Å². The van der Waals surface area contributed by atoms with Crippen LogP contribution in [0.15, 0.2) is 0 Å². The Morgan fingerprint density at radius 2 is 1.66 bits per heavy atom. The van der Waals surface area contributed by atoms with Gasteiger partial charge in [0.05, 0.1) is 5.60 Å². The number of hydrogen-bond donors (Lipinski definition) is 2. The Hall–Kier alpha value is -0.260. The molecule has 0 heterocycles. The summed E-state index contributed by atoms with van der Waals surface area (Å²) in [5.74, 6) is -3.15. The van der Waals surface area contributed by atoms with Gasteiger partial charge in [0.1, 0.15) is 0 Å². The van der Waals surface area contributed by atoms with E-state index in [1.165, 1.54) is 7.11 Å². The van der Waals surface area contributed by atoms with Crippen LogP contribution in [-0.4, -0.2) is 34.6 Å². The van der Waals surface area contributed by atoms with Crippen molar-refractivity contribution in [2.24, 2.45) is 46.3 Å². The Labute approximate surface area is 193 Å². The van der Waals surface area contributed by atoms with Crippen molar-refractivity contribution in [3.8, 4) is 0 Å². The maximum Gasteiger partial charge on any atom is 0.251 e. The highest BCUT2D eigenvalue weighted by Crippen LogP contribution is 2.71. The highest BCUT2D eigenvalue weighted by Gasteiger charge is 2.68. The van der Waals surface area contributed by atoms with Gasteiger partial charge < -0.3 is 14.9 Å². The van der Waals surface area contributed by atoms with Crippen molar-refractivity contribution in [1.82, 2.24) is 0 Å². The van der Waals surface area contributed by atoms with Crippen LogP contribution < -0.4 is 0 Å². The number of aliphatic hydroxyl groups is 2. The van der Waals surface area contributed by atoms with Gasteiger partial charge in [-0.1, -0.05) is 20.8 Å². The lowest BCUT2D eigenvalue weighted by molar-refractivity contribution is -0.293. The first-order chi connectivity index (χ1) is 14.7. The van der Waals surface area contributed by atoms with Crippen LogP contribution in [0.5, 0.6) is 0 Å². The minimum absolute atomic E-state index is 0.0251. The number of hydrogen-bond acceptors (Lipinski definition) is 3. The Bertz CT molecular complexity index is 706. The molecule has 0 amide bonds. The fourth-order valence-corrected chi connectivity index (χ4v) is 9.16. The van der Waals surface area contributed by atoms with Crippen molar-refractivity contribution in [2.75, 3.05) is 7.11 Å². The van der Waals surface area contributed by atoms with Crippen molar-refractivity contribution < 1.29 is 23.7 Å². The second kappa shape index (κ2) is 7.88. The Kier molecular flexibility index (Phi) is 6.12. The monoisotopic (exact) mass is 456 g/mol. The molecule has 0 unspecified atom stereocenters. The molecule has 0 aromatic rings. The van der Waals surface area contributed by atoms with Crippen molar-refractivity contribution in [3.05, 3.63) is 0 Å².